The van der Waals surface area contributed by atoms with Crippen molar-refractivity contribution in [2.45, 2.75) is 68.6 Å². The number of aryl methyl sites for hydroxylation is 1. The van der Waals surface area contributed by atoms with Gasteiger partial charge in [-0.1, -0.05) is 63.1 Å². The lowest BCUT2D eigenvalue weighted by Crippen LogP contribution is -2.48. The van der Waals surface area contributed by atoms with Crippen LogP contribution in [0, 0.1) is 12.8 Å². The maximum atomic E-state index is 13.5. The van der Waals surface area contributed by atoms with Crippen molar-refractivity contribution in [3.8, 4) is 0 Å². The Labute approximate surface area is 167 Å². The van der Waals surface area contributed by atoms with E-state index in [4.69, 9.17) is 0 Å². The Bertz CT molecular complexity index is 801. The normalized spacial score (nSPS) is 19.7. The second-order valence-electron chi connectivity index (χ2n) is 7.29. The molecule has 0 radical (unpaired) electrons. The van der Waals surface area contributed by atoms with Crippen molar-refractivity contribution in [3.63, 3.8) is 0 Å². The number of sulfone groups is 1. The lowest BCUT2D eigenvalue weighted by molar-refractivity contribution is -0.134. The first-order valence-corrected chi connectivity index (χ1v) is 11.4. The van der Waals surface area contributed by atoms with Crippen LogP contribution >= 0.6 is 0 Å². The van der Waals surface area contributed by atoms with Gasteiger partial charge in [-0.05, 0) is 37.6 Å². The standard InChI is InChI=1S/C21H30N2O4S/c1-3-4-5-6-7-8-10-19(20(24)23-25)21(15-9-16-22-21)28(26,27)18-13-11-17(2)12-14-18/h9,11-16,19,25H,3-8,10H2,1-2H3,(H,23,24). The van der Waals surface area contributed by atoms with Gasteiger partial charge >= 0.3 is 0 Å². The van der Waals surface area contributed by atoms with Crippen molar-refractivity contribution >= 4 is 22.0 Å². The number of carbonyl (C=O) groups is 1. The minimum atomic E-state index is -3.98. The van der Waals surface area contributed by atoms with Crippen LogP contribution < -0.4 is 5.48 Å². The van der Waals surface area contributed by atoms with E-state index in [-0.39, 0.29) is 4.90 Å². The summed E-state index contributed by atoms with van der Waals surface area (Å²) in [4.78, 5) is 15.1. The summed E-state index contributed by atoms with van der Waals surface area (Å²) in [7, 11) is -3.98. The first-order chi connectivity index (χ1) is 13.4. The van der Waals surface area contributed by atoms with Crippen molar-refractivity contribution in [1.82, 2.24) is 5.48 Å². The van der Waals surface area contributed by atoms with Crippen LogP contribution in [0.1, 0.15) is 57.4 Å². The monoisotopic (exact) mass is 406 g/mol. The van der Waals surface area contributed by atoms with Crippen molar-refractivity contribution in [3.05, 3.63) is 42.0 Å². The molecule has 2 atom stereocenters. The Morgan fingerprint density at radius 3 is 2.36 bits per heavy atom. The van der Waals surface area contributed by atoms with Crippen molar-refractivity contribution < 1.29 is 18.4 Å². The molecular formula is C21H30N2O4S. The zero-order valence-electron chi connectivity index (χ0n) is 16.6. The predicted octanol–water partition coefficient (Wildman–Crippen LogP) is 3.98. The van der Waals surface area contributed by atoms with Crippen molar-refractivity contribution in [2.75, 3.05) is 0 Å². The van der Waals surface area contributed by atoms with Gasteiger partial charge < -0.3 is 0 Å². The average molecular weight is 407 g/mol. The number of nitrogens with zero attached hydrogens (tertiary/aromatic N) is 1. The van der Waals surface area contributed by atoms with Crippen molar-refractivity contribution in [2.24, 2.45) is 10.9 Å². The summed E-state index contributed by atoms with van der Waals surface area (Å²) in [6, 6.07) is 6.51. The number of hydrogen-bond donors (Lipinski definition) is 2. The third kappa shape index (κ3) is 4.70. The number of unbranched alkanes of at least 4 members (excludes halogenated alkanes) is 5. The molecule has 28 heavy (non-hydrogen) atoms. The fourth-order valence-corrected chi connectivity index (χ4v) is 5.50. The molecule has 1 heterocycles. The number of benzene rings is 1. The summed E-state index contributed by atoms with van der Waals surface area (Å²) in [5, 5.41) is 9.26. The first-order valence-electron chi connectivity index (χ1n) is 9.87. The van der Waals surface area contributed by atoms with E-state index in [1.807, 2.05) is 6.92 Å². The molecule has 1 aliphatic rings. The number of aliphatic imine (C=N–C) groups is 1. The highest BCUT2D eigenvalue weighted by atomic mass is 32.2. The number of hydroxylamine groups is 1. The van der Waals surface area contributed by atoms with Gasteiger partial charge in [-0.3, -0.25) is 15.0 Å². The Balaban J connectivity index is 2.30. The summed E-state index contributed by atoms with van der Waals surface area (Å²) in [6.45, 7) is 4.02. The smallest absolute Gasteiger partial charge is 0.250 e. The summed E-state index contributed by atoms with van der Waals surface area (Å²) in [6.07, 6.45) is 10.8. The van der Waals surface area contributed by atoms with E-state index in [1.165, 1.54) is 30.8 Å². The summed E-state index contributed by atoms with van der Waals surface area (Å²) in [5.74, 6) is -1.74. The van der Waals surface area contributed by atoms with Gasteiger partial charge in [0.15, 0.2) is 4.87 Å². The van der Waals surface area contributed by atoms with Crippen LogP contribution in [0.3, 0.4) is 0 Å². The third-order valence-electron chi connectivity index (χ3n) is 5.23. The van der Waals surface area contributed by atoms with Crippen LogP contribution in [0.25, 0.3) is 0 Å². The van der Waals surface area contributed by atoms with Gasteiger partial charge in [0.1, 0.15) is 0 Å². The average Bonchev–Trinajstić information content (AvgIpc) is 3.18. The summed E-state index contributed by atoms with van der Waals surface area (Å²) < 4.78 is 27.0. The highest BCUT2D eigenvalue weighted by Crippen LogP contribution is 2.40. The SMILES string of the molecule is CCCCCCCCC(C(=O)NO)C1(S(=O)(=O)c2ccc(C)cc2)C=CC=N1. The predicted molar refractivity (Wildman–Crippen MR) is 110 cm³/mol. The lowest BCUT2D eigenvalue weighted by Gasteiger charge is -2.32. The molecule has 0 saturated heterocycles. The van der Waals surface area contributed by atoms with Crippen LogP contribution in [0.5, 0.6) is 0 Å². The topological polar surface area (TPSA) is 95.8 Å². The van der Waals surface area contributed by atoms with E-state index < -0.39 is 26.5 Å². The van der Waals surface area contributed by atoms with E-state index in [1.54, 1.807) is 23.7 Å². The summed E-state index contributed by atoms with van der Waals surface area (Å²) in [5.41, 5.74) is 2.59. The molecule has 6 nitrogen and oxygen atoms in total. The van der Waals surface area contributed by atoms with Gasteiger partial charge in [0.25, 0.3) is 0 Å². The quantitative estimate of drug-likeness (QED) is 0.330. The molecule has 1 aromatic rings. The second kappa shape index (κ2) is 9.98. The van der Waals surface area contributed by atoms with E-state index in [0.29, 0.717) is 12.8 Å². The van der Waals surface area contributed by atoms with Crippen LogP contribution in [-0.4, -0.2) is 30.6 Å². The minimum absolute atomic E-state index is 0.112. The second-order valence-corrected chi connectivity index (χ2v) is 9.42. The molecule has 1 aromatic carbocycles. The Morgan fingerprint density at radius 2 is 1.79 bits per heavy atom. The molecule has 0 spiro atoms. The van der Waals surface area contributed by atoms with Gasteiger partial charge in [0.2, 0.25) is 15.7 Å². The highest BCUT2D eigenvalue weighted by Gasteiger charge is 2.52. The van der Waals surface area contributed by atoms with Crippen LogP contribution in [0.2, 0.25) is 0 Å². The molecule has 0 fully saturated rings. The molecule has 0 bridgehead atoms. The number of rotatable bonds is 11. The summed E-state index contributed by atoms with van der Waals surface area (Å²) >= 11 is 0. The number of carbonyl (C=O) groups excluding carboxylic acids is 1. The molecule has 2 unspecified atom stereocenters. The van der Waals surface area contributed by atoms with Crippen molar-refractivity contribution in [1.29, 1.82) is 0 Å². The fraction of sp³-hybridized carbons (Fsp3) is 0.524. The van der Waals surface area contributed by atoms with E-state index >= 15 is 0 Å². The molecule has 154 valence electrons. The Morgan fingerprint density at radius 1 is 1.14 bits per heavy atom. The van der Waals surface area contributed by atoms with Crippen LogP contribution in [-0.2, 0) is 14.6 Å². The molecule has 0 aliphatic carbocycles. The largest absolute Gasteiger partial charge is 0.289 e. The van der Waals surface area contributed by atoms with Gasteiger partial charge in [-0.2, -0.15) is 0 Å². The number of hydrogen-bond acceptors (Lipinski definition) is 5. The van der Waals surface area contributed by atoms with Gasteiger partial charge in [-0.25, -0.2) is 13.9 Å². The molecular weight excluding hydrogens is 376 g/mol. The maximum Gasteiger partial charge on any atom is 0.250 e. The van der Waals surface area contributed by atoms with E-state index in [0.717, 1.165) is 31.2 Å². The van der Waals surface area contributed by atoms with Crippen LogP contribution in [0.15, 0.2) is 46.3 Å². The van der Waals surface area contributed by atoms with Gasteiger partial charge in [0.05, 0.1) is 10.8 Å². The first kappa shape index (κ1) is 22.3. The Hall–Kier alpha value is -1.99. The maximum absolute atomic E-state index is 13.5. The molecule has 0 saturated carbocycles. The molecule has 2 rings (SSSR count). The van der Waals surface area contributed by atoms with Crippen LogP contribution in [0.4, 0.5) is 0 Å². The highest BCUT2D eigenvalue weighted by molar-refractivity contribution is 7.93. The fourth-order valence-electron chi connectivity index (χ4n) is 3.57. The Kier molecular flexibility index (Phi) is 7.95. The minimum Gasteiger partial charge on any atom is -0.289 e. The zero-order valence-corrected chi connectivity index (χ0v) is 17.4. The van der Waals surface area contributed by atoms with Gasteiger partial charge in [0, 0.05) is 6.21 Å². The molecule has 0 aromatic heterocycles. The molecule has 1 aliphatic heterocycles. The number of amides is 1. The number of allylic oxidation sites excluding steroid dienone is 1. The van der Waals surface area contributed by atoms with E-state index in [2.05, 4.69) is 11.9 Å². The lowest BCUT2D eigenvalue weighted by atomic mass is 9.92. The molecule has 7 heteroatoms. The zero-order chi connectivity index (χ0) is 20.6. The molecule has 1 amide bonds. The molecule has 2 N–H and O–H groups in total. The third-order valence-corrected chi connectivity index (χ3v) is 7.51. The number of nitrogens with one attached hydrogen (secondary N) is 1. The van der Waals surface area contributed by atoms with E-state index in [9.17, 15) is 18.4 Å². The van der Waals surface area contributed by atoms with Gasteiger partial charge in [-0.15, -0.1) is 0 Å².